The lowest BCUT2D eigenvalue weighted by atomic mass is 10.1. The molecule has 1 N–H and O–H groups in total. The summed E-state index contributed by atoms with van der Waals surface area (Å²) in [6, 6.07) is 8.64. The second-order valence-electron chi connectivity index (χ2n) is 7.85. The smallest absolute Gasteiger partial charge is 0.304 e. The first-order valence-electron chi connectivity index (χ1n) is 10.9. The molecule has 0 bridgehead atoms. The lowest BCUT2D eigenvalue weighted by Gasteiger charge is -2.34. The third-order valence-corrected chi connectivity index (χ3v) is 7.63. The number of anilines is 1. The van der Waals surface area contributed by atoms with E-state index in [9.17, 15) is 22.4 Å². The number of benzene rings is 2. The molecule has 2 aromatic rings. The molecule has 0 aliphatic rings. The van der Waals surface area contributed by atoms with Crippen molar-refractivity contribution in [3.63, 3.8) is 0 Å². The van der Waals surface area contributed by atoms with Crippen LogP contribution in [0.3, 0.4) is 0 Å². The van der Waals surface area contributed by atoms with Crippen molar-refractivity contribution in [2.24, 2.45) is 0 Å². The molecule has 0 aromatic heterocycles. The van der Waals surface area contributed by atoms with Crippen LogP contribution in [-0.2, 0) is 26.3 Å². The molecular weight excluding hydrogens is 518 g/mol. The van der Waals surface area contributed by atoms with Gasteiger partial charge in [0.1, 0.15) is 18.4 Å². The van der Waals surface area contributed by atoms with E-state index in [1.165, 1.54) is 37.2 Å². The highest BCUT2D eigenvalue weighted by molar-refractivity contribution is 7.90. The molecule has 0 radical (unpaired) electrons. The Bertz CT molecular complexity index is 1150. The van der Waals surface area contributed by atoms with Crippen LogP contribution >= 0.6 is 23.2 Å². The molecule has 2 amide bonds. The van der Waals surface area contributed by atoms with Gasteiger partial charge < -0.3 is 10.2 Å². The lowest BCUT2D eigenvalue weighted by molar-refractivity contribution is -0.140. The van der Waals surface area contributed by atoms with Crippen LogP contribution in [0.1, 0.15) is 25.8 Å². The van der Waals surface area contributed by atoms with Gasteiger partial charge in [0.15, 0.2) is 0 Å². The summed E-state index contributed by atoms with van der Waals surface area (Å²) in [7, 11) is -1.48. The van der Waals surface area contributed by atoms with E-state index < -0.39 is 34.5 Å². The zero-order valence-electron chi connectivity index (χ0n) is 20.0. The summed E-state index contributed by atoms with van der Waals surface area (Å²) in [6.45, 7) is 3.19. The Morgan fingerprint density at radius 3 is 2.20 bits per heavy atom. The van der Waals surface area contributed by atoms with Crippen molar-refractivity contribution in [3.05, 3.63) is 63.9 Å². The molecule has 35 heavy (non-hydrogen) atoms. The van der Waals surface area contributed by atoms with Crippen molar-refractivity contribution < 1.29 is 22.4 Å². The van der Waals surface area contributed by atoms with E-state index in [-0.39, 0.29) is 24.6 Å². The fourth-order valence-electron chi connectivity index (χ4n) is 3.37. The number of nitrogens with zero attached hydrogens (tertiary/aromatic N) is 3. The Kier molecular flexibility index (Phi) is 10.3. The number of likely N-dealkylation sites (N-methyl/N-ethyl adjacent to an activating group) is 1. The van der Waals surface area contributed by atoms with E-state index in [1.54, 1.807) is 26.0 Å². The fourth-order valence-corrected chi connectivity index (χ4v) is 4.89. The molecule has 12 heteroatoms. The number of hydrogen-bond donors (Lipinski definition) is 1. The van der Waals surface area contributed by atoms with Gasteiger partial charge in [0.05, 0.1) is 5.69 Å². The van der Waals surface area contributed by atoms with Crippen LogP contribution in [0.15, 0.2) is 42.5 Å². The third-order valence-electron chi connectivity index (χ3n) is 5.23. The first-order valence-corrected chi connectivity index (χ1v) is 13.0. The minimum atomic E-state index is -4.13. The maximum absolute atomic E-state index is 13.6. The average molecular weight is 547 g/mol. The maximum Gasteiger partial charge on any atom is 0.304 e. The summed E-state index contributed by atoms with van der Waals surface area (Å²) in [6.07, 6.45) is 0.278. The van der Waals surface area contributed by atoms with Crippen LogP contribution in [-0.4, -0.2) is 62.7 Å². The van der Waals surface area contributed by atoms with Crippen LogP contribution in [0, 0.1) is 5.82 Å². The van der Waals surface area contributed by atoms with Gasteiger partial charge in [-0.2, -0.15) is 12.7 Å². The van der Waals surface area contributed by atoms with Crippen LogP contribution in [0.2, 0.25) is 10.0 Å². The molecule has 0 aliphatic carbocycles. The quantitative estimate of drug-likeness (QED) is 0.465. The highest BCUT2D eigenvalue weighted by atomic mass is 35.5. The molecule has 0 saturated heterocycles. The van der Waals surface area contributed by atoms with E-state index in [1.807, 2.05) is 0 Å². The molecule has 0 spiro atoms. The molecular formula is C23H29Cl2FN4O4S. The van der Waals surface area contributed by atoms with Crippen molar-refractivity contribution in [2.45, 2.75) is 32.9 Å². The molecule has 0 unspecified atom stereocenters. The topological polar surface area (TPSA) is 90.0 Å². The van der Waals surface area contributed by atoms with Crippen molar-refractivity contribution >= 4 is 50.9 Å². The number of nitrogens with one attached hydrogen (secondary N) is 1. The largest absolute Gasteiger partial charge is 0.355 e. The zero-order valence-corrected chi connectivity index (χ0v) is 22.3. The summed E-state index contributed by atoms with van der Waals surface area (Å²) >= 11 is 12.3. The Morgan fingerprint density at radius 2 is 1.69 bits per heavy atom. The lowest BCUT2D eigenvalue weighted by Crippen LogP contribution is -2.53. The van der Waals surface area contributed by atoms with E-state index in [0.29, 0.717) is 22.2 Å². The summed E-state index contributed by atoms with van der Waals surface area (Å²) in [4.78, 5) is 27.7. The van der Waals surface area contributed by atoms with Gasteiger partial charge in [0, 0.05) is 37.2 Å². The van der Waals surface area contributed by atoms with Gasteiger partial charge in [-0.1, -0.05) is 36.2 Å². The molecule has 2 rings (SSSR count). The van der Waals surface area contributed by atoms with Crippen molar-refractivity contribution in [2.75, 3.05) is 31.5 Å². The SMILES string of the molecule is CCNC(=O)[C@H](CC)N(Cc1ccc(Cl)cc1Cl)C(=O)CN(c1ccc(F)cc1)S(=O)(=O)N(C)C. The summed E-state index contributed by atoms with van der Waals surface area (Å²) in [5.41, 5.74) is 0.639. The Hall–Kier alpha value is -2.40. The maximum atomic E-state index is 13.6. The number of rotatable bonds is 11. The Morgan fingerprint density at radius 1 is 1.06 bits per heavy atom. The summed E-state index contributed by atoms with van der Waals surface area (Å²) < 4.78 is 41.5. The van der Waals surface area contributed by atoms with Gasteiger partial charge in [-0.15, -0.1) is 0 Å². The van der Waals surface area contributed by atoms with Crippen LogP contribution in [0.25, 0.3) is 0 Å². The molecule has 0 heterocycles. The summed E-state index contributed by atoms with van der Waals surface area (Å²) in [5, 5.41) is 3.42. The predicted octanol–water partition coefficient (Wildman–Crippen LogP) is 3.69. The zero-order chi connectivity index (χ0) is 26.3. The first kappa shape index (κ1) is 28.8. The van der Waals surface area contributed by atoms with Gasteiger partial charge in [0.25, 0.3) is 0 Å². The van der Waals surface area contributed by atoms with Crippen LogP contribution < -0.4 is 9.62 Å². The Labute approximate surface area is 215 Å². The molecule has 192 valence electrons. The van der Waals surface area contributed by atoms with Gasteiger partial charge in [0.2, 0.25) is 11.8 Å². The number of hydrogen-bond acceptors (Lipinski definition) is 4. The minimum absolute atomic E-state index is 0.0518. The van der Waals surface area contributed by atoms with E-state index in [2.05, 4.69) is 5.32 Å². The normalized spacial score (nSPS) is 12.3. The number of carbonyl (C=O) groups is 2. The van der Waals surface area contributed by atoms with Crippen molar-refractivity contribution in [3.8, 4) is 0 Å². The van der Waals surface area contributed by atoms with Crippen LogP contribution in [0.4, 0.5) is 10.1 Å². The van der Waals surface area contributed by atoms with Gasteiger partial charge in [-0.25, -0.2) is 8.70 Å². The van der Waals surface area contributed by atoms with E-state index >= 15 is 0 Å². The monoisotopic (exact) mass is 546 g/mol. The number of carbonyl (C=O) groups excluding carboxylic acids is 2. The molecule has 8 nitrogen and oxygen atoms in total. The highest BCUT2D eigenvalue weighted by Gasteiger charge is 2.33. The van der Waals surface area contributed by atoms with E-state index in [4.69, 9.17) is 23.2 Å². The van der Waals surface area contributed by atoms with Gasteiger partial charge >= 0.3 is 10.2 Å². The van der Waals surface area contributed by atoms with Crippen molar-refractivity contribution in [1.82, 2.24) is 14.5 Å². The minimum Gasteiger partial charge on any atom is -0.355 e. The second-order valence-corrected chi connectivity index (χ2v) is 10.8. The molecule has 1 atom stereocenters. The molecule has 0 saturated carbocycles. The standard InChI is InChI=1S/C23H29Cl2FN4O4S/c1-5-21(23(32)27-6-2)29(14-16-7-8-17(24)13-20(16)25)22(31)15-30(35(33,34)28(3)4)19-11-9-18(26)10-12-19/h7-13,21H,5-6,14-15H2,1-4H3,(H,27,32)/t21-/m0/s1. The molecule has 0 fully saturated rings. The predicted molar refractivity (Wildman–Crippen MR) is 136 cm³/mol. The summed E-state index contributed by atoms with van der Waals surface area (Å²) in [5.74, 6) is -1.57. The van der Waals surface area contributed by atoms with Crippen molar-refractivity contribution in [1.29, 1.82) is 0 Å². The average Bonchev–Trinajstić information content (AvgIpc) is 2.79. The molecule has 2 aromatic carbocycles. The molecule has 0 aliphatic heterocycles. The number of amides is 2. The third kappa shape index (κ3) is 7.30. The fraction of sp³-hybridized carbons (Fsp3) is 0.391. The Balaban J connectivity index is 2.52. The van der Waals surface area contributed by atoms with Gasteiger partial charge in [-0.3, -0.25) is 9.59 Å². The van der Waals surface area contributed by atoms with Gasteiger partial charge in [-0.05, 0) is 55.3 Å². The second kappa shape index (κ2) is 12.5. The highest BCUT2D eigenvalue weighted by Crippen LogP contribution is 2.25. The van der Waals surface area contributed by atoms with Crippen LogP contribution in [0.5, 0.6) is 0 Å². The van der Waals surface area contributed by atoms with E-state index in [0.717, 1.165) is 20.7 Å². The number of halogens is 3. The first-order chi connectivity index (χ1) is 16.4.